The fraction of sp³-hybridized carbons (Fsp3) is 0.609. The van der Waals surface area contributed by atoms with Crippen LogP contribution in [0.4, 0.5) is 0 Å². The van der Waals surface area contributed by atoms with E-state index >= 15 is 0 Å². The van der Waals surface area contributed by atoms with Gasteiger partial charge in [0.05, 0.1) is 13.2 Å². The molecule has 0 amide bonds. The van der Waals surface area contributed by atoms with Crippen molar-refractivity contribution < 1.29 is 14.6 Å². The third kappa shape index (κ3) is 12.7. The van der Waals surface area contributed by atoms with Crippen molar-refractivity contribution in [1.29, 1.82) is 0 Å². The van der Waals surface area contributed by atoms with E-state index in [1.165, 1.54) is 51.4 Å². The second-order valence-electron chi connectivity index (χ2n) is 6.96. The molecule has 0 bridgehead atoms. The van der Waals surface area contributed by atoms with E-state index in [2.05, 4.69) is 19.1 Å². The molecule has 0 aliphatic rings. The third-order valence-electron chi connectivity index (χ3n) is 4.49. The van der Waals surface area contributed by atoms with Crippen LogP contribution in [0.25, 0.3) is 0 Å². The Morgan fingerprint density at radius 3 is 2.42 bits per heavy atom. The maximum atomic E-state index is 10.6. The van der Waals surface area contributed by atoms with E-state index in [1.54, 1.807) is 0 Å². The first-order valence-electron chi connectivity index (χ1n) is 10.2. The zero-order valence-corrected chi connectivity index (χ0v) is 16.4. The van der Waals surface area contributed by atoms with Crippen molar-refractivity contribution in [1.82, 2.24) is 0 Å². The van der Waals surface area contributed by atoms with Gasteiger partial charge in [-0.2, -0.15) is 0 Å². The normalized spacial score (nSPS) is 11.3. The zero-order chi connectivity index (χ0) is 18.9. The molecule has 3 heteroatoms. The minimum atomic E-state index is -0.756. The summed E-state index contributed by atoms with van der Waals surface area (Å²) >= 11 is 0. The Morgan fingerprint density at radius 1 is 1.00 bits per heavy atom. The minimum Gasteiger partial charge on any atom is -0.481 e. The minimum absolute atomic E-state index is 0.172. The summed E-state index contributed by atoms with van der Waals surface area (Å²) in [6, 6.07) is 7.99. The van der Waals surface area contributed by atoms with E-state index in [0.717, 1.165) is 17.5 Å². The van der Waals surface area contributed by atoms with Crippen LogP contribution in [-0.2, 0) is 22.6 Å². The van der Waals surface area contributed by atoms with Crippen molar-refractivity contribution in [3.05, 3.63) is 47.5 Å². The van der Waals surface area contributed by atoms with Crippen LogP contribution in [0.1, 0.15) is 82.3 Å². The highest BCUT2D eigenvalue weighted by Crippen LogP contribution is 2.10. The Bertz CT molecular complexity index is 508. The van der Waals surface area contributed by atoms with Crippen molar-refractivity contribution in [2.75, 3.05) is 6.61 Å². The molecule has 1 N–H and O–H groups in total. The number of benzene rings is 1. The summed E-state index contributed by atoms with van der Waals surface area (Å²) in [5.41, 5.74) is 2.16. The van der Waals surface area contributed by atoms with Gasteiger partial charge in [0.25, 0.3) is 0 Å². The summed E-state index contributed by atoms with van der Waals surface area (Å²) in [6.45, 7) is 3.47. The average molecular weight is 361 g/mol. The largest absolute Gasteiger partial charge is 0.481 e. The summed E-state index contributed by atoms with van der Waals surface area (Å²) in [4.78, 5) is 10.6. The van der Waals surface area contributed by atoms with Gasteiger partial charge >= 0.3 is 5.97 Å². The molecule has 0 aromatic heterocycles. The van der Waals surface area contributed by atoms with E-state index in [4.69, 9.17) is 9.84 Å². The monoisotopic (exact) mass is 360 g/mol. The fourth-order valence-corrected chi connectivity index (χ4v) is 2.95. The number of carbonyl (C=O) groups is 1. The smallest absolute Gasteiger partial charge is 0.303 e. The lowest BCUT2D eigenvalue weighted by Gasteiger charge is -2.05. The molecular weight excluding hydrogens is 324 g/mol. The highest BCUT2D eigenvalue weighted by atomic mass is 16.5. The van der Waals surface area contributed by atoms with Crippen molar-refractivity contribution in [3.8, 4) is 0 Å². The van der Waals surface area contributed by atoms with Gasteiger partial charge in [-0.25, -0.2) is 0 Å². The summed E-state index contributed by atoms with van der Waals surface area (Å²) in [5.74, 6) is -0.756. The van der Waals surface area contributed by atoms with Gasteiger partial charge in [0, 0.05) is 6.42 Å². The molecular formula is C23H36O3. The number of carboxylic acids is 1. The molecule has 1 aromatic rings. The predicted octanol–water partition coefficient (Wildman–Crippen LogP) is 6.31. The molecule has 0 aliphatic heterocycles. The second-order valence-corrected chi connectivity index (χ2v) is 6.96. The molecule has 0 unspecified atom stereocenters. The molecule has 0 heterocycles. The first-order valence-corrected chi connectivity index (χ1v) is 10.2. The van der Waals surface area contributed by atoms with Gasteiger partial charge in [0.1, 0.15) is 0 Å². The van der Waals surface area contributed by atoms with Crippen LogP contribution in [0.3, 0.4) is 0 Å². The Morgan fingerprint density at radius 2 is 1.69 bits per heavy atom. The Balaban J connectivity index is 2.01. The molecule has 3 nitrogen and oxygen atoms in total. The van der Waals surface area contributed by atoms with Gasteiger partial charge in [0.2, 0.25) is 0 Å². The van der Waals surface area contributed by atoms with Gasteiger partial charge in [-0.05, 0) is 30.4 Å². The van der Waals surface area contributed by atoms with E-state index in [-0.39, 0.29) is 6.42 Å². The number of hydrogen-bond donors (Lipinski definition) is 1. The molecule has 0 saturated carbocycles. The maximum Gasteiger partial charge on any atom is 0.303 e. The van der Waals surface area contributed by atoms with Crippen LogP contribution < -0.4 is 0 Å². The van der Waals surface area contributed by atoms with Crippen molar-refractivity contribution in [2.45, 2.75) is 84.2 Å². The first-order chi connectivity index (χ1) is 12.7. The van der Waals surface area contributed by atoms with E-state index in [9.17, 15) is 4.79 Å². The molecule has 0 atom stereocenters. The molecule has 1 aromatic carbocycles. The maximum absolute atomic E-state index is 10.6. The highest BCUT2D eigenvalue weighted by Gasteiger charge is 2.00. The molecule has 0 fully saturated rings. The highest BCUT2D eigenvalue weighted by molar-refractivity contribution is 5.67. The van der Waals surface area contributed by atoms with E-state index in [0.29, 0.717) is 19.6 Å². The van der Waals surface area contributed by atoms with Gasteiger partial charge in [0.15, 0.2) is 0 Å². The van der Waals surface area contributed by atoms with Crippen LogP contribution in [0.2, 0.25) is 0 Å². The molecule has 0 radical (unpaired) electrons. The third-order valence-corrected chi connectivity index (χ3v) is 4.49. The predicted molar refractivity (Wildman–Crippen MR) is 108 cm³/mol. The van der Waals surface area contributed by atoms with Gasteiger partial charge < -0.3 is 9.84 Å². The van der Waals surface area contributed by atoms with E-state index < -0.39 is 5.97 Å². The van der Waals surface area contributed by atoms with Crippen molar-refractivity contribution in [2.24, 2.45) is 0 Å². The average Bonchev–Trinajstić information content (AvgIpc) is 2.64. The van der Waals surface area contributed by atoms with Gasteiger partial charge in [-0.15, -0.1) is 0 Å². The molecule has 26 heavy (non-hydrogen) atoms. The zero-order valence-electron chi connectivity index (χ0n) is 16.4. The van der Waals surface area contributed by atoms with Gasteiger partial charge in [-0.3, -0.25) is 4.79 Å². The summed E-state index contributed by atoms with van der Waals surface area (Å²) in [5, 5.41) is 8.75. The van der Waals surface area contributed by atoms with Crippen molar-refractivity contribution >= 4 is 5.97 Å². The SMILES string of the molecule is CCCCCCCCCCC=CCOCc1cccc(CCC(=O)O)c1. The standard InChI is InChI=1S/C23H36O3/c1-2-3-4-5-6-7-8-9-10-11-12-18-26-20-22-15-13-14-21(19-22)16-17-23(24)25/h11-15,19H,2-10,16-18,20H2,1H3,(H,24,25). The number of aryl methyl sites for hydroxylation is 1. The number of ether oxygens (including phenoxy) is 1. The number of hydrogen-bond acceptors (Lipinski definition) is 2. The molecule has 1 rings (SSSR count). The summed E-state index contributed by atoms with van der Waals surface area (Å²) < 4.78 is 5.68. The molecule has 146 valence electrons. The number of carboxylic acid groups (broad SMARTS) is 1. The Hall–Kier alpha value is -1.61. The lowest BCUT2D eigenvalue weighted by Crippen LogP contribution is -1.99. The van der Waals surface area contributed by atoms with E-state index in [1.807, 2.05) is 24.3 Å². The fourth-order valence-electron chi connectivity index (χ4n) is 2.95. The van der Waals surface area contributed by atoms with Crippen LogP contribution in [-0.4, -0.2) is 17.7 Å². The van der Waals surface area contributed by atoms with Gasteiger partial charge in [-0.1, -0.05) is 88.3 Å². The molecule has 0 saturated heterocycles. The second kappa shape index (κ2) is 15.6. The van der Waals surface area contributed by atoms with Crippen LogP contribution in [0.15, 0.2) is 36.4 Å². The van der Waals surface area contributed by atoms with Crippen LogP contribution >= 0.6 is 0 Å². The van der Waals surface area contributed by atoms with Crippen molar-refractivity contribution in [3.63, 3.8) is 0 Å². The first kappa shape index (κ1) is 22.4. The number of aliphatic carboxylic acids is 1. The lowest BCUT2D eigenvalue weighted by molar-refractivity contribution is -0.136. The quantitative estimate of drug-likeness (QED) is 0.278. The molecule has 0 aliphatic carbocycles. The number of unbranched alkanes of at least 4 members (excludes halogenated alkanes) is 8. The Kier molecular flexibility index (Phi) is 13.5. The Labute approximate surface area is 159 Å². The topological polar surface area (TPSA) is 46.5 Å². The summed E-state index contributed by atoms with van der Waals surface area (Å²) in [6.07, 6.45) is 17.1. The van der Waals surface area contributed by atoms with Crippen LogP contribution in [0, 0.1) is 0 Å². The lowest BCUT2D eigenvalue weighted by atomic mass is 10.1. The molecule has 0 spiro atoms. The van der Waals surface area contributed by atoms with Crippen LogP contribution in [0.5, 0.6) is 0 Å². The number of rotatable bonds is 16. The summed E-state index contributed by atoms with van der Waals surface area (Å²) in [7, 11) is 0. The number of allylic oxidation sites excluding steroid dienone is 1.